The van der Waals surface area contributed by atoms with Gasteiger partial charge in [0.05, 0.1) is 19.3 Å². The highest BCUT2D eigenvalue weighted by molar-refractivity contribution is 5.80. The molecule has 5 heteroatoms. The molecule has 0 spiro atoms. The fourth-order valence-corrected chi connectivity index (χ4v) is 2.44. The number of nitrogens with one attached hydrogen (secondary N) is 2. The van der Waals surface area contributed by atoms with E-state index in [4.69, 9.17) is 9.47 Å². The summed E-state index contributed by atoms with van der Waals surface area (Å²) in [6.45, 7) is 4.70. The Balaban J connectivity index is 1.63. The van der Waals surface area contributed by atoms with Gasteiger partial charge in [0.15, 0.2) is 0 Å². The summed E-state index contributed by atoms with van der Waals surface area (Å²) in [4.78, 5) is 11.9. The summed E-state index contributed by atoms with van der Waals surface area (Å²) in [5.74, 6) is 0.00525. The smallest absolute Gasteiger partial charge is 0.249 e. The van der Waals surface area contributed by atoms with Gasteiger partial charge in [-0.05, 0) is 19.8 Å². The zero-order valence-electron chi connectivity index (χ0n) is 11.1. The minimum absolute atomic E-state index is 0.00525. The number of rotatable bonds is 5. The fourth-order valence-electron chi connectivity index (χ4n) is 2.44. The molecule has 0 aromatic heterocycles. The Morgan fingerprint density at radius 3 is 2.94 bits per heavy atom. The lowest BCUT2D eigenvalue weighted by Gasteiger charge is -2.25. The van der Waals surface area contributed by atoms with E-state index in [0.29, 0.717) is 12.6 Å². The summed E-state index contributed by atoms with van der Waals surface area (Å²) in [5.41, 5.74) is 0. The van der Waals surface area contributed by atoms with Crippen molar-refractivity contribution in [2.45, 2.75) is 50.9 Å². The average Bonchev–Trinajstić information content (AvgIpc) is 2.90. The van der Waals surface area contributed by atoms with Crippen molar-refractivity contribution in [1.82, 2.24) is 10.6 Å². The number of ether oxygens (including phenoxy) is 2. The number of carbonyl (C=O) groups is 1. The molecule has 1 amide bonds. The quantitative estimate of drug-likeness (QED) is 0.749. The molecule has 2 rings (SSSR count). The van der Waals surface area contributed by atoms with Crippen molar-refractivity contribution < 1.29 is 14.3 Å². The second-order valence-corrected chi connectivity index (χ2v) is 5.16. The van der Waals surface area contributed by atoms with Crippen LogP contribution in [0.5, 0.6) is 0 Å². The lowest BCUT2D eigenvalue weighted by molar-refractivity contribution is -0.135. The van der Waals surface area contributed by atoms with Crippen LogP contribution in [0, 0.1) is 0 Å². The van der Waals surface area contributed by atoms with Crippen LogP contribution in [0.4, 0.5) is 0 Å². The molecular formula is C13H24N2O3. The Kier molecular flexibility index (Phi) is 5.41. The van der Waals surface area contributed by atoms with Gasteiger partial charge in [0.2, 0.25) is 5.91 Å². The zero-order valence-corrected chi connectivity index (χ0v) is 11.1. The molecule has 2 fully saturated rings. The Morgan fingerprint density at radius 2 is 2.28 bits per heavy atom. The van der Waals surface area contributed by atoms with Crippen LogP contribution in [-0.4, -0.2) is 50.5 Å². The summed E-state index contributed by atoms with van der Waals surface area (Å²) in [5, 5.41) is 6.29. The highest BCUT2D eigenvalue weighted by Gasteiger charge is 2.22. The Hall–Kier alpha value is -0.650. The topological polar surface area (TPSA) is 59.6 Å². The molecule has 1 saturated carbocycles. The first kappa shape index (κ1) is 13.8. The minimum Gasteiger partial charge on any atom is -0.373 e. The largest absolute Gasteiger partial charge is 0.373 e. The number of hydrogen-bond acceptors (Lipinski definition) is 4. The molecule has 18 heavy (non-hydrogen) atoms. The van der Waals surface area contributed by atoms with Gasteiger partial charge in [-0.1, -0.05) is 12.8 Å². The maximum Gasteiger partial charge on any atom is 0.249 e. The van der Waals surface area contributed by atoms with Crippen LogP contribution in [0.25, 0.3) is 0 Å². The summed E-state index contributed by atoms with van der Waals surface area (Å²) in [7, 11) is 0. The van der Waals surface area contributed by atoms with Crippen molar-refractivity contribution in [2.24, 2.45) is 0 Å². The standard InChI is InChI=1S/C13H24N2O3/c1-10(13(16)15-11-4-2-3-5-11)18-9-12-8-14-6-7-17-12/h10-12,14H,2-9H2,1H3,(H,15,16). The first-order chi connectivity index (χ1) is 8.75. The highest BCUT2D eigenvalue weighted by atomic mass is 16.5. The van der Waals surface area contributed by atoms with Crippen LogP contribution in [0.15, 0.2) is 0 Å². The van der Waals surface area contributed by atoms with Crippen LogP contribution in [-0.2, 0) is 14.3 Å². The Morgan fingerprint density at radius 1 is 1.50 bits per heavy atom. The van der Waals surface area contributed by atoms with Crippen molar-refractivity contribution in [1.29, 1.82) is 0 Å². The maximum atomic E-state index is 11.9. The van der Waals surface area contributed by atoms with Gasteiger partial charge in [-0.2, -0.15) is 0 Å². The monoisotopic (exact) mass is 256 g/mol. The third-order valence-electron chi connectivity index (χ3n) is 3.61. The van der Waals surface area contributed by atoms with Crippen LogP contribution >= 0.6 is 0 Å². The molecule has 2 aliphatic rings. The molecule has 1 aliphatic heterocycles. The summed E-state index contributed by atoms with van der Waals surface area (Å²) < 4.78 is 11.1. The van der Waals surface area contributed by atoms with E-state index >= 15 is 0 Å². The van der Waals surface area contributed by atoms with Crippen molar-refractivity contribution in [3.05, 3.63) is 0 Å². The van der Waals surface area contributed by atoms with Crippen LogP contribution in [0.2, 0.25) is 0 Å². The van der Waals surface area contributed by atoms with E-state index in [1.54, 1.807) is 6.92 Å². The maximum absolute atomic E-state index is 11.9. The van der Waals surface area contributed by atoms with Crippen LogP contribution in [0.3, 0.4) is 0 Å². The predicted octanol–water partition coefficient (Wildman–Crippen LogP) is 0.439. The lowest BCUT2D eigenvalue weighted by Crippen LogP contribution is -2.44. The predicted molar refractivity (Wildman–Crippen MR) is 68.4 cm³/mol. The van der Waals surface area contributed by atoms with E-state index in [-0.39, 0.29) is 12.0 Å². The van der Waals surface area contributed by atoms with Gasteiger partial charge in [0, 0.05) is 19.1 Å². The van der Waals surface area contributed by atoms with E-state index in [0.717, 1.165) is 32.5 Å². The van der Waals surface area contributed by atoms with Gasteiger partial charge < -0.3 is 20.1 Å². The van der Waals surface area contributed by atoms with Crippen LogP contribution < -0.4 is 10.6 Å². The van der Waals surface area contributed by atoms with E-state index in [2.05, 4.69) is 10.6 Å². The molecule has 2 N–H and O–H groups in total. The molecule has 1 heterocycles. The molecule has 0 radical (unpaired) electrons. The molecule has 1 aliphatic carbocycles. The molecule has 2 atom stereocenters. The second kappa shape index (κ2) is 7.07. The third-order valence-corrected chi connectivity index (χ3v) is 3.61. The van der Waals surface area contributed by atoms with Crippen molar-refractivity contribution >= 4 is 5.91 Å². The molecule has 0 bridgehead atoms. The molecule has 104 valence electrons. The van der Waals surface area contributed by atoms with Gasteiger partial charge in [-0.25, -0.2) is 0 Å². The van der Waals surface area contributed by atoms with Crippen LogP contribution in [0.1, 0.15) is 32.6 Å². The van der Waals surface area contributed by atoms with Gasteiger partial charge in [0.25, 0.3) is 0 Å². The van der Waals surface area contributed by atoms with E-state index in [1.807, 2.05) is 0 Å². The van der Waals surface area contributed by atoms with Crippen molar-refractivity contribution in [3.8, 4) is 0 Å². The molecule has 5 nitrogen and oxygen atoms in total. The Labute approximate surface area is 109 Å². The van der Waals surface area contributed by atoms with E-state index < -0.39 is 6.10 Å². The number of amides is 1. The van der Waals surface area contributed by atoms with Gasteiger partial charge in [0.1, 0.15) is 6.10 Å². The van der Waals surface area contributed by atoms with Gasteiger partial charge in [-0.15, -0.1) is 0 Å². The second-order valence-electron chi connectivity index (χ2n) is 5.16. The lowest BCUT2D eigenvalue weighted by atomic mass is 10.2. The fraction of sp³-hybridized carbons (Fsp3) is 0.923. The number of carbonyl (C=O) groups excluding carboxylic acids is 1. The molecule has 0 aromatic carbocycles. The summed E-state index contributed by atoms with van der Waals surface area (Å²) in [6, 6.07) is 0.358. The summed E-state index contributed by atoms with van der Waals surface area (Å²) in [6.07, 6.45) is 4.34. The van der Waals surface area contributed by atoms with Gasteiger partial charge >= 0.3 is 0 Å². The third kappa shape index (κ3) is 4.23. The number of morpholine rings is 1. The number of hydrogen-bond donors (Lipinski definition) is 2. The normalized spacial score (nSPS) is 27.1. The van der Waals surface area contributed by atoms with E-state index in [9.17, 15) is 4.79 Å². The SMILES string of the molecule is CC(OCC1CNCCO1)C(=O)NC1CCCC1. The average molecular weight is 256 g/mol. The molecule has 0 aromatic rings. The Bertz CT molecular complexity index is 261. The molecule has 1 saturated heterocycles. The van der Waals surface area contributed by atoms with Gasteiger partial charge in [-0.3, -0.25) is 4.79 Å². The first-order valence-electron chi connectivity index (χ1n) is 7.00. The molecular weight excluding hydrogens is 232 g/mol. The summed E-state index contributed by atoms with van der Waals surface area (Å²) >= 11 is 0. The minimum atomic E-state index is -0.392. The molecule has 2 unspecified atom stereocenters. The van der Waals surface area contributed by atoms with Crippen molar-refractivity contribution in [2.75, 3.05) is 26.3 Å². The zero-order chi connectivity index (χ0) is 12.8. The van der Waals surface area contributed by atoms with E-state index in [1.165, 1.54) is 12.8 Å². The first-order valence-corrected chi connectivity index (χ1v) is 7.00. The van der Waals surface area contributed by atoms with Crippen molar-refractivity contribution in [3.63, 3.8) is 0 Å². The highest BCUT2D eigenvalue weighted by Crippen LogP contribution is 2.17.